The van der Waals surface area contributed by atoms with Crippen LogP contribution in [0.2, 0.25) is 0 Å². The number of hydrogen-bond acceptors (Lipinski definition) is 2. The van der Waals surface area contributed by atoms with Gasteiger partial charge in [-0.15, -0.1) is 0 Å². The molecule has 0 aliphatic carbocycles. The Labute approximate surface area is 118 Å². The fourth-order valence-corrected chi connectivity index (χ4v) is 2.89. The SMILES string of the molecule is CC1(O)CCCN(C(=O)c2c[nH]c3ccccc23)CC1. The number of nitrogens with one attached hydrogen (secondary N) is 1. The van der Waals surface area contributed by atoms with Crippen LogP contribution in [0.4, 0.5) is 0 Å². The van der Waals surface area contributed by atoms with Crippen LogP contribution >= 0.6 is 0 Å². The van der Waals surface area contributed by atoms with Crippen LogP contribution in [0.3, 0.4) is 0 Å². The van der Waals surface area contributed by atoms with Crippen LogP contribution in [0.15, 0.2) is 30.5 Å². The average molecular weight is 272 g/mol. The largest absolute Gasteiger partial charge is 0.390 e. The van der Waals surface area contributed by atoms with E-state index in [1.807, 2.05) is 36.1 Å². The van der Waals surface area contributed by atoms with E-state index in [0.29, 0.717) is 19.5 Å². The van der Waals surface area contributed by atoms with E-state index in [4.69, 9.17) is 0 Å². The molecule has 1 saturated heterocycles. The molecule has 2 heterocycles. The lowest BCUT2D eigenvalue weighted by Gasteiger charge is -2.22. The van der Waals surface area contributed by atoms with Gasteiger partial charge in [-0.25, -0.2) is 0 Å². The van der Waals surface area contributed by atoms with E-state index in [1.54, 1.807) is 6.20 Å². The first-order valence-corrected chi connectivity index (χ1v) is 7.15. The number of aromatic amines is 1. The Morgan fingerprint density at radius 3 is 2.95 bits per heavy atom. The summed E-state index contributed by atoms with van der Waals surface area (Å²) in [5, 5.41) is 11.1. The number of fused-ring (bicyclic) bond motifs is 1. The highest BCUT2D eigenvalue weighted by molar-refractivity contribution is 6.06. The number of benzene rings is 1. The zero-order valence-electron chi connectivity index (χ0n) is 11.7. The topological polar surface area (TPSA) is 56.3 Å². The Kier molecular flexibility index (Phi) is 3.26. The highest BCUT2D eigenvalue weighted by Gasteiger charge is 2.28. The maximum Gasteiger partial charge on any atom is 0.256 e. The summed E-state index contributed by atoms with van der Waals surface area (Å²) < 4.78 is 0. The second kappa shape index (κ2) is 4.94. The number of nitrogens with zero attached hydrogens (tertiary/aromatic N) is 1. The first-order valence-electron chi connectivity index (χ1n) is 7.15. The van der Waals surface area contributed by atoms with Crippen molar-refractivity contribution in [2.75, 3.05) is 13.1 Å². The molecule has 0 radical (unpaired) electrons. The molecule has 0 bridgehead atoms. The highest BCUT2D eigenvalue weighted by atomic mass is 16.3. The van der Waals surface area contributed by atoms with Crippen molar-refractivity contribution < 1.29 is 9.90 Å². The highest BCUT2D eigenvalue weighted by Crippen LogP contribution is 2.24. The number of amides is 1. The predicted octanol–water partition coefficient (Wildman–Crippen LogP) is 2.55. The molecule has 1 aromatic heterocycles. The second-order valence-corrected chi connectivity index (χ2v) is 5.89. The summed E-state index contributed by atoms with van der Waals surface area (Å²) in [5.41, 5.74) is 1.06. The monoisotopic (exact) mass is 272 g/mol. The van der Waals surface area contributed by atoms with Crippen LogP contribution in [-0.2, 0) is 0 Å². The van der Waals surface area contributed by atoms with E-state index < -0.39 is 5.60 Å². The number of aromatic nitrogens is 1. The van der Waals surface area contributed by atoms with Crippen molar-refractivity contribution in [1.82, 2.24) is 9.88 Å². The smallest absolute Gasteiger partial charge is 0.256 e. The maximum absolute atomic E-state index is 12.7. The lowest BCUT2D eigenvalue weighted by Crippen LogP contribution is -2.33. The summed E-state index contributed by atoms with van der Waals surface area (Å²) in [6.07, 6.45) is 4.03. The molecule has 2 N–H and O–H groups in total. The molecule has 0 saturated carbocycles. The number of carbonyl (C=O) groups is 1. The van der Waals surface area contributed by atoms with Gasteiger partial charge in [-0.1, -0.05) is 18.2 Å². The molecule has 1 fully saturated rings. The summed E-state index contributed by atoms with van der Waals surface area (Å²) in [6, 6.07) is 7.84. The molecule has 20 heavy (non-hydrogen) atoms. The molecule has 1 aliphatic heterocycles. The molecule has 4 nitrogen and oxygen atoms in total. The molecular formula is C16H20N2O2. The summed E-state index contributed by atoms with van der Waals surface area (Å²) >= 11 is 0. The van der Waals surface area contributed by atoms with Gasteiger partial charge >= 0.3 is 0 Å². The normalized spacial score (nSPS) is 23.8. The summed E-state index contributed by atoms with van der Waals surface area (Å²) in [6.45, 7) is 3.19. The molecule has 0 spiro atoms. The van der Waals surface area contributed by atoms with Crippen LogP contribution in [0, 0.1) is 0 Å². The van der Waals surface area contributed by atoms with E-state index in [2.05, 4.69) is 4.98 Å². The third kappa shape index (κ3) is 2.43. The van der Waals surface area contributed by atoms with Gasteiger partial charge in [-0.3, -0.25) is 4.79 Å². The standard InChI is InChI=1S/C16H20N2O2/c1-16(20)7-4-9-18(10-8-16)15(19)13-11-17-14-6-3-2-5-12(13)14/h2-3,5-6,11,17,20H,4,7-10H2,1H3. The number of carbonyl (C=O) groups excluding carboxylic acids is 1. The van der Waals surface area contributed by atoms with E-state index >= 15 is 0 Å². The second-order valence-electron chi connectivity index (χ2n) is 5.89. The molecule has 3 rings (SSSR count). The Morgan fingerprint density at radius 1 is 1.30 bits per heavy atom. The molecular weight excluding hydrogens is 252 g/mol. The van der Waals surface area contributed by atoms with Crippen molar-refractivity contribution in [3.8, 4) is 0 Å². The molecule has 106 valence electrons. The Morgan fingerprint density at radius 2 is 2.10 bits per heavy atom. The fourth-order valence-electron chi connectivity index (χ4n) is 2.89. The van der Waals surface area contributed by atoms with Gasteiger partial charge in [0.2, 0.25) is 0 Å². The van der Waals surface area contributed by atoms with Gasteiger partial charge in [0.1, 0.15) is 0 Å². The predicted molar refractivity (Wildman–Crippen MR) is 78.7 cm³/mol. The van der Waals surface area contributed by atoms with Gasteiger partial charge in [0.05, 0.1) is 11.2 Å². The van der Waals surface area contributed by atoms with Gasteiger partial charge in [0, 0.05) is 30.2 Å². The molecule has 2 aromatic rings. The van der Waals surface area contributed by atoms with Crippen LogP contribution in [0.5, 0.6) is 0 Å². The van der Waals surface area contributed by atoms with Crippen LogP contribution in [-0.4, -0.2) is 39.6 Å². The van der Waals surface area contributed by atoms with E-state index in [-0.39, 0.29) is 5.91 Å². The molecule has 4 heteroatoms. The minimum absolute atomic E-state index is 0.0557. The van der Waals surface area contributed by atoms with Crippen molar-refractivity contribution in [2.45, 2.75) is 31.8 Å². The quantitative estimate of drug-likeness (QED) is 0.838. The number of H-pyrrole nitrogens is 1. The molecule has 1 aromatic carbocycles. The Bertz CT molecular complexity index is 630. The van der Waals surface area contributed by atoms with Crippen LogP contribution in [0.1, 0.15) is 36.5 Å². The third-order valence-electron chi connectivity index (χ3n) is 4.17. The Hall–Kier alpha value is -1.81. The van der Waals surface area contributed by atoms with Gasteiger partial charge in [-0.2, -0.15) is 0 Å². The zero-order valence-corrected chi connectivity index (χ0v) is 11.7. The lowest BCUT2D eigenvalue weighted by molar-refractivity contribution is 0.0438. The van der Waals surface area contributed by atoms with Gasteiger partial charge in [-0.05, 0) is 32.3 Å². The van der Waals surface area contributed by atoms with Gasteiger partial charge in [0.25, 0.3) is 5.91 Å². The minimum atomic E-state index is -0.644. The molecule has 1 amide bonds. The summed E-state index contributed by atoms with van der Waals surface area (Å²) in [4.78, 5) is 17.7. The average Bonchev–Trinajstić information content (AvgIpc) is 2.77. The fraction of sp³-hybridized carbons (Fsp3) is 0.438. The lowest BCUT2D eigenvalue weighted by atomic mass is 9.98. The van der Waals surface area contributed by atoms with Crippen molar-refractivity contribution >= 4 is 16.8 Å². The first-order chi connectivity index (χ1) is 9.57. The van der Waals surface area contributed by atoms with Gasteiger partial charge < -0.3 is 15.0 Å². The number of rotatable bonds is 1. The van der Waals surface area contributed by atoms with Crippen molar-refractivity contribution in [3.05, 3.63) is 36.0 Å². The third-order valence-corrected chi connectivity index (χ3v) is 4.17. The van der Waals surface area contributed by atoms with E-state index in [9.17, 15) is 9.90 Å². The van der Waals surface area contributed by atoms with Crippen LogP contribution in [0.25, 0.3) is 10.9 Å². The maximum atomic E-state index is 12.7. The van der Waals surface area contributed by atoms with Gasteiger partial charge in [0.15, 0.2) is 0 Å². The number of hydrogen-bond donors (Lipinski definition) is 2. The van der Waals surface area contributed by atoms with Crippen molar-refractivity contribution in [2.24, 2.45) is 0 Å². The number of aliphatic hydroxyl groups is 1. The first kappa shape index (κ1) is 13.2. The minimum Gasteiger partial charge on any atom is -0.390 e. The van der Waals surface area contributed by atoms with Crippen LogP contribution < -0.4 is 0 Å². The number of likely N-dealkylation sites (tertiary alicyclic amines) is 1. The Balaban J connectivity index is 1.85. The summed E-state index contributed by atoms with van der Waals surface area (Å²) in [7, 11) is 0. The number of para-hydroxylation sites is 1. The van der Waals surface area contributed by atoms with E-state index in [1.165, 1.54) is 0 Å². The molecule has 1 unspecified atom stereocenters. The molecule has 1 aliphatic rings. The molecule has 1 atom stereocenters. The van der Waals surface area contributed by atoms with E-state index in [0.717, 1.165) is 29.3 Å². The van der Waals surface area contributed by atoms with Crippen molar-refractivity contribution in [1.29, 1.82) is 0 Å². The van der Waals surface area contributed by atoms with Crippen molar-refractivity contribution in [3.63, 3.8) is 0 Å². The zero-order chi connectivity index (χ0) is 14.2. The summed E-state index contributed by atoms with van der Waals surface area (Å²) in [5.74, 6) is 0.0557.